The first-order valence-electron chi connectivity index (χ1n) is 19.1. The highest BCUT2D eigenvalue weighted by Crippen LogP contribution is 2.54. The average molecular weight is 704 g/mol. The summed E-state index contributed by atoms with van der Waals surface area (Å²) in [6, 6.07) is 68.2. The lowest BCUT2D eigenvalue weighted by Crippen LogP contribution is -2.15. The smallest absolute Gasteiger partial charge is 0.145 e. The number of para-hydroxylation sites is 2. The maximum absolute atomic E-state index is 5.10. The fourth-order valence-corrected chi connectivity index (χ4v) is 9.03. The van der Waals surface area contributed by atoms with Gasteiger partial charge in [0.15, 0.2) is 0 Å². The number of rotatable bonds is 5. The van der Waals surface area contributed by atoms with Gasteiger partial charge in [-0.25, -0.2) is 4.98 Å². The fraction of sp³-hybridized carbons (Fsp3) is 0.0577. The highest BCUT2D eigenvalue weighted by molar-refractivity contribution is 6.16. The van der Waals surface area contributed by atoms with Crippen LogP contribution in [-0.2, 0) is 5.41 Å². The van der Waals surface area contributed by atoms with E-state index in [2.05, 4.69) is 211 Å². The van der Waals surface area contributed by atoms with E-state index in [1.54, 1.807) is 0 Å². The standard InChI is InChI=1S/C52H37N3/c1-52(2)44-30-29-41-43-32-37(34-14-6-3-7-15-34)23-31-47(43)54(50(41)49(44)42-28-22-38(33-45(42)52)35-16-8-4-9-17-35)39-24-26-40(27-25-39)55-48-21-13-12-20-46(48)53-51(55)36-18-10-5-11-19-36/h3-33H,1-2H3. The number of benzene rings is 8. The van der Waals surface area contributed by atoms with E-state index in [4.69, 9.17) is 4.98 Å². The molecule has 260 valence electrons. The maximum atomic E-state index is 5.10. The zero-order valence-corrected chi connectivity index (χ0v) is 30.7. The van der Waals surface area contributed by atoms with Gasteiger partial charge in [-0.2, -0.15) is 0 Å². The zero-order valence-electron chi connectivity index (χ0n) is 30.7. The monoisotopic (exact) mass is 703 g/mol. The van der Waals surface area contributed by atoms with Crippen molar-refractivity contribution in [1.82, 2.24) is 14.1 Å². The van der Waals surface area contributed by atoms with Crippen molar-refractivity contribution in [2.24, 2.45) is 0 Å². The Morgan fingerprint density at radius 2 is 1.00 bits per heavy atom. The molecule has 8 aromatic carbocycles. The molecular formula is C52H37N3. The van der Waals surface area contributed by atoms with Crippen LogP contribution in [0.25, 0.3) is 89.0 Å². The van der Waals surface area contributed by atoms with Crippen molar-refractivity contribution >= 4 is 32.8 Å². The molecule has 0 saturated carbocycles. The molecule has 10 aromatic rings. The van der Waals surface area contributed by atoms with E-state index in [0.717, 1.165) is 33.8 Å². The normalized spacial score (nSPS) is 13.1. The van der Waals surface area contributed by atoms with Crippen molar-refractivity contribution in [3.05, 3.63) is 199 Å². The van der Waals surface area contributed by atoms with Crippen molar-refractivity contribution in [2.75, 3.05) is 0 Å². The van der Waals surface area contributed by atoms with Crippen LogP contribution in [-0.4, -0.2) is 14.1 Å². The number of imidazole rings is 1. The molecule has 2 aromatic heterocycles. The second-order valence-electron chi connectivity index (χ2n) is 15.2. The number of nitrogens with zero attached hydrogens (tertiary/aromatic N) is 3. The number of hydrogen-bond acceptors (Lipinski definition) is 1. The van der Waals surface area contributed by atoms with Gasteiger partial charge in [-0.1, -0.05) is 147 Å². The summed E-state index contributed by atoms with van der Waals surface area (Å²) in [5, 5.41) is 2.51. The van der Waals surface area contributed by atoms with E-state index in [1.807, 2.05) is 0 Å². The minimum atomic E-state index is -0.166. The van der Waals surface area contributed by atoms with E-state index < -0.39 is 0 Å². The van der Waals surface area contributed by atoms with E-state index in [0.29, 0.717) is 0 Å². The van der Waals surface area contributed by atoms with Gasteiger partial charge in [-0.05, 0) is 93.5 Å². The topological polar surface area (TPSA) is 22.8 Å². The molecule has 1 aliphatic carbocycles. The molecule has 0 aliphatic heterocycles. The minimum Gasteiger partial charge on any atom is -0.309 e. The lowest BCUT2D eigenvalue weighted by molar-refractivity contribution is 0.661. The summed E-state index contributed by atoms with van der Waals surface area (Å²) >= 11 is 0. The molecule has 0 saturated heterocycles. The molecule has 0 amide bonds. The number of aromatic nitrogens is 3. The Labute approximate surface area is 320 Å². The number of fused-ring (bicyclic) bond motifs is 8. The molecule has 0 radical (unpaired) electrons. The molecule has 3 heteroatoms. The number of hydrogen-bond donors (Lipinski definition) is 0. The van der Waals surface area contributed by atoms with Crippen LogP contribution in [0.1, 0.15) is 25.0 Å². The Kier molecular flexibility index (Phi) is 6.90. The fourth-order valence-electron chi connectivity index (χ4n) is 9.03. The molecule has 0 N–H and O–H groups in total. The van der Waals surface area contributed by atoms with Gasteiger partial charge in [0, 0.05) is 38.7 Å². The molecular weight excluding hydrogens is 667 g/mol. The van der Waals surface area contributed by atoms with Gasteiger partial charge < -0.3 is 4.57 Å². The Hall–Kier alpha value is -6.97. The summed E-state index contributed by atoms with van der Waals surface area (Å²) in [7, 11) is 0. The van der Waals surface area contributed by atoms with E-state index in [9.17, 15) is 0 Å². The van der Waals surface area contributed by atoms with Gasteiger partial charge in [0.2, 0.25) is 0 Å². The van der Waals surface area contributed by atoms with Crippen molar-refractivity contribution in [1.29, 1.82) is 0 Å². The van der Waals surface area contributed by atoms with Crippen LogP contribution in [0.3, 0.4) is 0 Å². The third-order valence-corrected chi connectivity index (χ3v) is 11.7. The average Bonchev–Trinajstić information content (AvgIpc) is 3.87. The summed E-state index contributed by atoms with van der Waals surface area (Å²) in [5.41, 5.74) is 17.9. The van der Waals surface area contributed by atoms with Crippen molar-refractivity contribution in [3.8, 4) is 56.1 Å². The molecule has 11 rings (SSSR count). The third kappa shape index (κ3) is 4.79. The van der Waals surface area contributed by atoms with E-state index in [-0.39, 0.29) is 5.41 Å². The van der Waals surface area contributed by atoms with Crippen LogP contribution in [0.4, 0.5) is 0 Å². The van der Waals surface area contributed by atoms with Crippen molar-refractivity contribution < 1.29 is 0 Å². The Bertz CT molecular complexity index is 3080. The summed E-state index contributed by atoms with van der Waals surface area (Å²) in [4.78, 5) is 5.10. The predicted molar refractivity (Wildman–Crippen MR) is 229 cm³/mol. The van der Waals surface area contributed by atoms with Crippen LogP contribution in [0.2, 0.25) is 0 Å². The van der Waals surface area contributed by atoms with Gasteiger partial charge in [0.05, 0.1) is 22.1 Å². The molecule has 55 heavy (non-hydrogen) atoms. The van der Waals surface area contributed by atoms with Crippen molar-refractivity contribution in [3.63, 3.8) is 0 Å². The van der Waals surface area contributed by atoms with Gasteiger partial charge >= 0.3 is 0 Å². The first kappa shape index (κ1) is 31.5. The summed E-state index contributed by atoms with van der Waals surface area (Å²) < 4.78 is 4.79. The second kappa shape index (κ2) is 12.0. The van der Waals surface area contributed by atoms with Crippen LogP contribution < -0.4 is 0 Å². The zero-order chi connectivity index (χ0) is 36.7. The first-order valence-corrected chi connectivity index (χ1v) is 19.1. The van der Waals surface area contributed by atoms with Crippen LogP contribution in [0.5, 0.6) is 0 Å². The van der Waals surface area contributed by atoms with Crippen molar-refractivity contribution in [2.45, 2.75) is 19.3 Å². The SMILES string of the molecule is CC1(C)c2cc(-c3ccccc3)ccc2-c2c1ccc1c3cc(-c4ccccc4)ccc3n(-c3ccc(-n4c(-c5ccccc5)nc5ccccc54)cc3)c21. The Morgan fingerprint density at radius 1 is 0.418 bits per heavy atom. The highest BCUT2D eigenvalue weighted by atomic mass is 15.1. The molecule has 0 bridgehead atoms. The highest BCUT2D eigenvalue weighted by Gasteiger charge is 2.38. The molecule has 2 heterocycles. The molecule has 0 atom stereocenters. The van der Waals surface area contributed by atoms with Gasteiger partial charge in [-0.15, -0.1) is 0 Å². The largest absolute Gasteiger partial charge is 0.309 e. The van der Waals surface area contributed by atoms with Gasteiger partial charge in [0.1, 0.15) is 5.82 Å². The third-order valence-electron chi connectivity index (χ3n) is 11.7. The quantitative estimate of drug-likeness (QED) is 0.175. The lowest BCUT2D eigenvalue weighted by atomic mass is 9.81. The van der Waals surface area contributed by atoms with Gasteiger partial charge in [0.25, 0.3) is 0 Å². The molecule has 0 spiro atoms. The Balaban J connectivity index is 1.15. The summed E-state index contributed by atoms with van der Waals surface area (Å²) in [6.45, 7) is 4.76. The summed E-state index contributed by atoms with van der Waals surface area (Å²) in [5.74, 6) is 0.936. The Morgan fingerprint density at radius 3 is 1.69 bits per heavy atom. The van der Waals surface area contributed by atoms with Gasteiger partial charge in [-0.3, -0.25) is 4.57 Å². The van der Waals surface area contributed by atoms with E-state index in [1.165, 1.54) is 66.3 Å². The van der Waals surface area contributed by atoms with E-state index >= 15 is 0 Å². The van der Waals surface area contributed by atoms with Crippen LogP contribution >= 0.6 is 0 Å². The lowest BCUT2D eigenvalue weighted by Gasteiger charge is -2.22. The molecule has 3 nitrogen and oxygen atoms in total. The second-order valence-corrected chi connectivity index (χ2v) is 15.2. The minimum absolute atomic E-state index is 0.166. The summed E-state index contributed by atoms with van der Waals surface area (Å²) in [6.07, 6.45) is 0. The molecule has 0 fully saturated rings. The predicted octanol–water partition coefficient (Wildman–Crippen LogP) is 13.4. The molecule has 1 aliphatic rings. The first-order chi connectivity index (χ1) is 27.0. The molecule has 0 unspecified atom stereocenters. The van der Waals surface area contributed by atoms with Crippen LogP contribution in [0, 0.1) is 0 Å². The maximum Gasteiger partial charge on any atom is 0.145 e. The van der Waals surface area contributed by atoms with Crippen LogP contribution in [0.15, 0.2) is 188 Å².